The highest BCUT2D eigenvalue weighted by Gasteiger charge is 2.07. The molecule has 0 spiro atoms. The first kappa shape index (κ1) is 12.8. The molecule has 0 fully saturated rings. The maximum absolute atomic E-state index is 4.43. The van der Waals surface area contributed by atoms with Gasteiger partial charge in [-0.15, -0.1) is 0 Å². The van der Waals surface area contributed by atoms with E-state index >= 15 is 0 Å². The van der Waals surface area contributed by atoms with Gasteiger partial charge in [-0.3, -0.25) is 9.36 Å². The Morgan fingerprint density at radius 2 is 2.22 bits per heavy atom. The summed E-state index contributed by atoms with van der Waals surface area (Å²) < 4.78 is 3.82. The van der Waals surface area contributed by atoms with Gasteiger partial charge in [0.25, 0.3) is 0 Å². The van der Waals surface area contributed by atoms with Gasteiger partial charge >= 0.3 is 0 Å². The summed E-state index contributed by atoms with van der Waals surface area (Å²) >= 11 is 0. The molecule has 0 atom stereocenters. The number of aryl methyl sites for hydroxylation is 1. The van der Waals surface area contributed by atoms with Gasteiger partial charge in [-0.1, -0.05) is 6.92 Å². The molecule has 2 rings (SSSR count). The topological polar surface area (TPSA) is 47.7 Å². The van der Waals surface area contributed by atoms with E-state index in [-0.39, 0.29) is 0 Å². The molecule has 0 aliphatic carbocycles. The van der Waals surface area contributed by atoms with E-state index in [9.17, 15) is 0 Å². The zero-order valence-corrected chi connectivity index (χ0v) is 11.3. The van der Waals surface area contributed by atoms with Crippen LogP contribution in [0.3, 0.4) is 0 Å². The zero-order chi connectivity index (χ0) is 13.0. The molecule has 2 aromatic heterocycles. The van der Waals surface area contributed by atoms with Gasteiger partial charge in [-0.25, -0.2) is 0 Å². The Kier molecular flexibility index (Phi) is 4.15. The predicted molar refractivity (Wildman–Crippen MR) is 71.3 cm³/mol. The normalized spacial score (nSPS) is 11.1. The summed E-state index contributed by atoms with van der Waals surface area (Å²) in [5, 5.41) is 12.2. The van der Waals surface area contributed by atoms with Crippen LogP contribution in [0, 0.1) is 6.92 Å². The Labute approximate surface area is 108 Å². The predicted octanol–water partition coefficient (Wildman–Crippen LogP) is 1.47. The van der Waals surface area contributed by atoms with Crippen molar-refractivity contribution in [2.75, 3.05) is 6.54 Å². The number of nitrogens with zero attached hydrogens (tertiary/aromatic N) is 4. The molecule has 0 aliphatic rings. The molecule has 0 unspecified atom stereocenters. The third-order valence-electron chi connectivity index (χ3n) is 3.03. The van der Waals surface area contributed by atoms with Crippen LogP contribution in [0.25, 0.3) is 0 Å². The first-order valence-electron chi connectivity index (χ1n) is 6.41. The Bertz CT molecular complexity index is 497. The average molecular weight is 247 g/mol. The minimum absolute atomic E-state index is 0.737. The zero-order valence-electron chi connectivity index (χ0n) is 11.3. The van der Waals surface area contributed by atoms with E-state index in [1.54, 1.807) is 0 Å². The first-order chi connectivity index (χ1) is 8.70. The molecule has 18 heavy (non-hydrogen) atoms. The van der Waals surface area contributed by atoms with Crippen LogP contribution in [0.5, 0.6) is 0 Å². The van der Waals surface area contributed by atoms with Gasteiger partial charge in [0.2, 0.25) is 0 Å². The molecule has 0 amide bonds. The fourth-order valence-electron chi connectivity index (χ4n) is 1.92. The van der Waals surface area contributed by atoms with E-state index in [2.05, 4.69) is 29.4 Å². The van der Waals surface area contributed by atoms with Crippen LogP contribution in [0.4, 0.5) is 0 Å². The van der Waals surface area contributed by atoms with E-state index in [0.29, 0.717) is 0 Å². The summed E-state index contributed by atoms with van der Waals surface area (Å²) in [6.45, 7) is 6.95. The summed E-state index contributed by atoms with van der Waals surface area (Å²) in [4.78, 5) is 0. The fraction of sp³-hybridized carbons (Fsp3) is 0.538. The largest absolute Gasteiger partial charge is 0.313 e. The SMILES string of the molecule is CCCNCc1cnn(Cc2ccn(C)n2)c1C. The van der Waals surface area contributed by atoms with E-state index in [1.807, 2.05) is 34.9 Å². The lowest BCUT2D eigenvalue weighted by molar-refractivity contribution is 0.629. The van der Waals surface area contributed by atoms with Crippen LogP contribution in [0.2, 0.25) is 0 Å². The van der Waals surface area contributed by atoms with Crippen LogP contribution in [0.15, 0.2) is 18.5 Å². The molecular weight excluding hydrogens is 226 g/mol. The summed E-state index contributed by atoms with van der Waals surface area (Å²) in [6.07, 6.45) is 5.06. The number of hydrogen-bond donors (Lipinski definition) is 1. The molecule has 0 saturated carbocycles. The van der Waals surface area contributed by atoms with Crippen molar-refractivity contribution in [2.24, 2.45) is 7.05 Å². The van der Waals surface area contributed by atoms with E-state index < -0.39 is 0 Å². The van der Waals surface area contributed by atoms with Gasteiger partial charge in [0, 0.05) is 31.0 Å². The Hall–Kier alpha value is -1.62. The molecule has 0 radical (unpaired) electrons. The van der Waals surface area contributed by atoms with Gasteiger partial charge in [0.15, 0.2) is 0 Å². The van der Waals surface area contributed by atoms with Gasteiger partial charge in [0.05, 0.1) is 18.4 Å². The van der Waals surface area contributed by atoms with E-state index in [4.69, 9.17) is 0 Å². The van der Waals surface area contributed by atoms with Crippen molar-refractivity contribution in [1.29, 1.82) is 0 Å². The number of aromatic nitrogens is 4. The van der Waals surface area contributed by atoms with Crippen molar-refractivity contribution in [3.63, 3.8) is 0 Å². The van der Waals surface area contributed by atoms with E-state index in [0.717, 1.165) is 31.7 Å². The molecule has 98 valence electrons. The van der Waals surface area contributed by atoms with Crippen LogP contribution in [-0.4, -0.2) is 26.1 Å². The second kappa shape index (κ2) is 5.82. The van der Waals surface area contributed by atoms with Gasteiger partial charge in [-0.05, 0) is 26.0 Å². The molecule has 5 nitrogen and oxygen atoms in total. The molecule has 1 N–H and O–H groups in total. The Balaban J connectivity index is 2.01. The first-order valence-corrected chi connectivity index (χ1v) is 6.41. The fourth-order valence-corrected chi connectivity index (χ4v) is 1.92. The van der Waals surface area contributed by atoms with Gasteiger partial charge < -0.3 is 5.32 Å². The third-order valence-corrected chi connectivity index (χ3v) is 3.03. The highest BCUT2D eigenvalue weighted by molar-refractivity contribution is 5.17. The standard InChI is InChI=1S/C13H21N5/c1-4-6-14-8-12-9-15-18(11(12)2)10-13-5-7-17(3)16-13/h5,7,9,14H,4,6,8,10H2,1-3H3. The molecule has 2 aromatic rings. The smallest absolute Gasteiger partial charge is 0.0852 e. The van der Waals surface area contributed by atoms with Crippen molar-refractivity contribution >= 4 is 0 Å². The molecule has 0 aromatic carbocycles. The van der Waals surface area contributed by atoms with Crippen LogP contribution in [-0.2, 0) is 20.1 Å². The average Bonchev–Trinajstić information content (AvgIpc) is 2.90. The maximum Gasteiger partial charge on any atom is 0.0852 e. The summed E-state index contributed by atoms with van der Waals surface area (Å²) in [5.41, 5.74) is 3.51. The van der Waals surface area contributed by atoms with Crippen LogP contribution >= 0.6 is 0 Å². The summed E-state index contributed by atoms with van der Waals surface area (Å²) in [6, 6.07) is 2.02. The maximum atomic E-state index is 4.43. The number of rotatable bonds is 6. The van der Waals surface area contributed by atoms with Crippen LogP contribution < -0.4 is 5.32 Å². The van der Waals surface area contributed by atoms with Crippen LogP contribution in [0.1, 0.15) is 30.3 Å². The second-order valence-electron chi connectivity index (χ2n) is 4.57. The minimum atomic E-state index is 0.737. The molecule has 2 heterocycles. The van der Waals surface area contributed by atoms with Crippen molar-refractivity contribution in [3.8, 4) is 0 Å². The minimum Gasteiger partial charge on any atom is -0.313 e. The lowest BCUT2D eigenvalue weighted by atomic mass is 10.2. The lowest BCUT2D eigenvalue weighted by Crippen LogP contribution is -2.14. The van der Waals surface area contributed by atoms with Crippen molar-refractivity contribution in [1.82, 2.24) is 24.9 Å². The summed E-state index contributed by atoms with van der Waals surface area (Å²) in [7, 11) is 1.93. The van der Waals surface area contributed by atoms with E-state index in [1.165, 1.54) is 11.3 Å². The van der Waals surface area contributed by atoms with Gasteiger partial charge in [-0.2, -0.15) is 10.2 Å². The van der Waals surface area contributed by atoms with Crippen molar-refractivity contribution in [3.05, 3.63) is 35.4 Å². The Morgan fingerprint density at radius 1 is 1.39 bits per heavy atom. The lowest BCUT2D eigenvalue weighted by Gasteiger charge is -2.04. The van der Waals surface area contributed by atoms with Crippen molar-refractivity contribution in [2.45, 2.75) is 33.4 Å². The quantitative estimate of drug-likeness (QED) is 0.786. The highest BCUT2D eigenvalue weighted by Crippen LogP contribution is 2.09. The molecule has 0 aliphatic heterocycles. The molecule has 0 saturated heterocycles. The monoisotopic (exact) mass is 247 g/mol. The summed E-state index contributed by atoms with van der Waals surface area (Å²) in [5.74, 6) is 0. The molecule has 5 heteroatoms. The van der Waals surface area contributed by atoms with Crippen molar-refractivity contribution < 1.29 is 0 Å². The molecular formula is C13H21N5. The third kappa shape index (κ3) is 2.98. The Morgan fingerprint density at radius 3 is 2.89 bits per heavy atom. The number of nitrogens with one attached hydrogen (secondary N) is 1. The molecule has 0 bridgehead atoms. The second-order valence-corrected chi connectivity index (χ2v) is 4.57. The van der Waals surface area contributed by atoms with Gasteiger partial charge in [0.1, 0.15) is 0 Å². The highest BCUT2D eigenvalue weighted by atomic mass is 15.3. The number of hydrogen-bond acceptors (Lipinski definition) is 3.